The molecule has 0 spiro atoms. The van der Waals surface area contributed by atoms with Crippen molar-refractivity contribution >= 4 is 28.5 Å². The molecule has 0 unspecified atom stereocenters. The van der Waals surface area contributed by atoms with Crippen molar-refractivity contribution in [2.45, 2.75) is 13.0 Å². The van der Waals surface area contributed by atoms with Crippen molar-refractivity contribution in [1.82, 2.24) is 4.90 Å². The summed E-state index contributed by atoms with van der Waals surface area (Å²) >= 11 is 0. The van der Waals surface area contributed by atoms with E-state index in [1.54, 1.807) is 4.90 Å². The van der Waals surface area contributed by atoms with Gasteiger partial charge >= 0.3 is 6.09 Å². The van der Waals surface area contributed by atoms with Gasteiger partial charge in [0.05, 0.1) is 7.11 Å². The van der Waals surface area contributed by atoms with Crippen LogP contribution in [0.15, 0.2) is 60.7 Å². The Bertz CT molecular complexity index is 1020. The van der Waals surface area contributed by atoms with E-state index in [-0.39, 0.29) is 12.0 Å². The van der Waals surface area contributed by atoms with Crippen LogP contribution in [0.1, 0.15) is 21.5 Å². The first-order valence-electron chi connectivity index (χ1n) is 8.89. The smallest absolute Gasteiger partial charge is 0.409 e. The monoisotopic (exact) mass is 360 g/mol. The maximum atomic E-state index is 12.8. The van der Waals surface area contributed by atoms with Crippen molar-refractivity contribution < 1.29 is 14.3 Å². The molecule has 3 aromatic carbocycles. The molecule has 27 heavy (non-hydrogen) atoms. The summed E-state index contributed by atoms with van der Waals surface area (Å²) in [5.41, 5.74) is 3.58. The number of nitrogens with zero attached hydrogens (tertiary/aromatic N) is 1. The molecular formula is C22H20N2O3. The molecule has 0 saturated heterocycles. The minimum Gasteiger partial charge on any atom is -0.453 e. The molecule has 1 N–H and O–H groups in total. The standard InChI is InChI=1S/C22H20N2O3/c1-27-22(26)24-12-11-15-9-10-18(13-17(15)14-24)23-21(25)20-8-4-6-16-5-2-3-7-19(16)20/h2-10,13H,11-12,14H2,1H3,(H,23,25). The maximum absolute atomic E-state index is 12.8. The van der Waals surface area contributed by atoms with Crippen molar-refractivity contribution in [3.63, 3.8) is 0 Å². The van der Waals surface area contributed by atoms with E-state index in [1.165, 1.54) is 12.7 Å². The van der Waals surface area contributed by atoms with Gasteiger partial charge in [0, 0.05) is 24.3 Å². The highest BCUT2D eigenvalue weighted by molar-refractivity contribution is 6.12. The Morgan fingerprint density at radius 3 is 2.67 bits per heavy atom. The lowest BCUT2D eigenvalue weighted by Crippen LogP contribution is -2.35. The van der Waals surface area contributed by atoms with Gasteiger partial charge in [-0.15, -0.1) is 0 Å². The molecule has 5 heteroatoms. The molecule has 136 valence electrons. The van der Waals surface area contributed by atoms with Gasteiger partial charge in [-0.2, -0.15) is 0 Å². The molecular weight excluding hydrogens is 340 g/mol. The zero-order valence-electron chi connectivity index (χ0n) is 15.1. The van der Waals surface area contributed by atoms with Crippen LogP contribution < -0.4 is 5.32 Å². The number of benzene rings is 3. The molecule has 3 aromatic rings. The van der Waals surface area contributed by atoms with Crippen LogP contribution >= 0.6 is 0 Å². The Morgan fingerprint density at radius 1 is 1.00 bits per heavy atom. The first-order chi connectivity index (χ1) is 13.2. The third-order valence-corrected chi connectivity index (χ3v) is 4.94. The number of hydrogen-bond donors (Lipinski definition) is 1. The third-order valence-electron chi connectivity index (χ3n) is 4.94. The van der Waals surface area contributed by atoms with E-state index in [0.717, 1.165) is 28.4 Å². The highest BCUT2D eigenvalue weighted by atomic mass is 16.5. The Labute approximate surface area is 157 Å². The van der Waals surface area contributed by atoms with Crippen LogP contribution in [0.3, 0.4) is 0 Å². The van der Waals surface area contributed by atoms with Crippen molar-refractivity contribution in [3.05, 3.63) is 77.4 Å². The molecule has 0 aromatic heterocycles. The van der Waals surface area contributed by atoms with Crippen LogP contribution in [0.25, 0.3) is 10.8 Å². The molecule has 2 amide bonds. The highest BCUT2D eigenvalue weighted by Gasteiger charge is 2.21. The molecule has 0 aliphatic carbocycles. The minimum absolute atomic E-state index is 0.146. The molecule has 1 aliphatic heterocycles. The van der Waals surface area contributed by atoms with E-state index in [9.17, 15) is 9.59 Å². The Kier molecular flexibility index (Phi) is 4.50. The van der Waals surface area contributed by atoms with Gasteiger partial charge in [0.25, 0.3) is 5.91 Å². The van der Waals surface area contributed by atoms with Crippen molar-refractivity contribution in [3.8, 4) is 0 Å². The van der Waals surface area contributed by atoms with Gasteiger partial charge in [-0.1, -0.05) is 42.5 Å². The van der Waals surface area contributed by atoms with E-state index in [1.807, 2.05) is 60.7 Å². The second kappa shape index (κ2) is 7.11. The SMILES string of the molecule is COC(=O)N1CCc2ccc(NC(=O)c3cccc4ccccc34)cc2C1. The van der Waals surface area contributed by atoms with Crippen molar-refractivity contribution in [2.24, 2.45) is 0 Å². The summed E-state index contributed by atoms with van der Waals surface area (Å²) in [6.45, 7) is 1.13. The predicted molar refractivity (Wildman–Crippen MR) is 105 cm³/mol. The first-order valence-corrected chi connectivity index (χ1v) is 8.89. The molecule has 0 fully saturated rings. The van der Waals surface area contributed by atoms with Crippen LogP contribution in [-0.2, 0) is 17.7 Å². The number of fused-ring (bicyclic) bond motifs is 2. The zero-order valence-corrected chi connectivity index (χ0v) is 15.1. The van der Waals surface area contributed by atoms with Gasteiger partial charge in [0.15, 0.2) is 0 Å². The Hall–Kier alpha value is -3.34. The Morgan fingerprint density at radius 2 is 1.81 bits per heavy atom. The van der Waals surface area contributed by atoms with Gasteiger partial charge in [-0.05, 0) is 46.5 Å². The molecule has 0 bridgehead atoms. The molecule has 0 radical (unpaired) electrons. The topological polar surface area (TPSA) is 58.6 Å². The average molecular weight is 360 g/mol. The summed E-state index contributed by atoms with van der Waals surface area (Å²) < 4.78 is 4.82. The normalized spacial score (nSPS) is 13.1. The van der Waals surface area contributed by atoms with Gasteiger partial charge in [0.1, 0.15) is 0 Å². The number of anilines is 1. The lowest BCUT2D eigenvalue weighted by Gasteiger charge is -2.28. The van der Waals surface area contributed by atoms with Gasteiger partial charge < -0.3 is 15.0 Å². The fourth-order valence-electron chi connectivity index (χ4n) is 3.54. The van der Waals surface area contributed by atoms with Gasteiger partial charge in [0.2, 0.25) is 0 Å². The summed E-state index contributed by atoms with van der Waals surface area (Å²) in [5, 5.41) is 4.94. The number of hydrogen-bond acceptors (Lipinski definition) is 3. The van der Waals surface area contributed by atoms with E-state index in [2.05, 4.69) is 5.32 Å². The number of methoxy groups -OCH3 is 1. The van der Waals surface area contributed by atoms with Crippen LogP contribution in [-0.4, -0.2) is 30.6 Å². The molecule has 1 aliphatic rings. The number of amides is 2. The summed E-state index contributed by atoms with van der Waals surface area (Å²) in [4.78, 5) is 26.3. The number of rotatable bonds is 2. The lowest BCUT2D eigenvalue weighted by atomic mass is 9.99. The van der Waals surface area contributed by atoms with E-state index in [0.29, 0.717) is 18.7 Å². The summed E-state index contributed by atoms with van der Waals surface area (Å²) in [6, 6.07) is 19.4. The number of carbonyl (C=O) groups is 2. The number of carbonyl (C=O) groups excluding carboxylic acids is 2. The van der Waals surface area contributed by atoms with Gasteiger partial charge in [-0.3, -0.25) is 4.79 Å². The third kappa shape index (κ3) is 3.36. The highest BCUT2D eigenvalue weighted by Crippen LogP contribution is 2.24. The lowest BCUT2D eigenvalue weighted by molar-refractivity contribution is 0.102. The van der Waals surface area contributed by atoms with E-state index < -0.39 is 0 Å². The van der Waals surface area contributed by atoms with Crippen LogP contribution in [0.2, 0.25) is 0 Å². The fourth-order valence-corrected chi connectivity index (χ4v) is 3.54. The maximum Gasteiger partial charge on any atom is 0.409 e. The molecule has 0 atom stereocenters. The summed E-state index contributed by atoms with van der Waals surface area (Å²) in [6.07, 6.45) is 0.452. The van der Waals surface area contributed by atoms with E-state index in [4.69, 9.17) is 4.74 Å². The van der Waals surface area contributed by atoms with Crippen LogP contribution in [0.5, 0.6) is 0 Å². The van der Waals surface area contributed by atoms with E-state index >= 15 is 0 Å². The number of ether oxygens (including phenoxy) is 1. The predicted octanol–water partition coefficient (Wildman–Crippen LogP) is 4.22. The number of nitrogens with one attached hydrogen (secondary N) is 1. The quantitative estimate of drug-likeness (QED) is 0.744. The molecule has 4 rings (SSSR count). The van der Waals surface area contributed by atoms with Crippen LogP contribution in [0.4, 0.5) is 10.5 Å². The summed E-state index contributed by atoms with van der Waals surface area (Å²) in [5.74, 6) is -0.146. The van der Waals surface area contributed by atoms with Crippen LogP contribution in [0, 0.1) is 0 Å². The van der Waals surface area contributed by atoms with Gasteiger partial charge in [-0.25, -0.2) is 4.79 Å². The van der Waals surface area contributed by atoms with Crippen molar-refractivity contribution in [2.75, 3.05) is 19.0 Å². The molecule has 0 saturated carbocycles. The fraction of sp³-hybridized carbons (Fsp3) is 0.182. The Balaban J connectivity index is 1.58. The molecule has 5 nitrogen and oxygen atoms in total. The summed E-state index contributed by atoms with van der Waals surface area (Å²) in [7, 11) is 1.39. The minimum atomic E-state index is -0.328. The largest absolute Gasteiger partial charge is 0.453 e. The zero-order chi connectivity index (χ0) is 18.8. The second-order valence-electron chi connectivity index (χ2n) is 6.61. The van der Waals surface area contributed by atoms with Crippen molar-refractivity contribution in [1.29, 1.82) is 0 Å². The second-order valence-corrected chi connectivity index (χ2v) is 6.61. The molecule has 1 heterocycles. The average Bonchev–Trinajstić information content (AvgIpc) is 2.72. The first kappa shape index (κ1) is 17.1.